The molecule has 0 aliphatic rings. The standard InChI is InChI=1S/C12H26N2O/c1-5-10(4)9-14(7-3)12(15)11(6-2)8-13/h10-11H,5-9,13H2,1-4H3. The molecule has 0 aliphatic carbocycles. The molecule has 15 heavy (non-hydrogen) atoms. The molecule has 2 N–H and O–H groups in total. The molecule has 0 heterocycles. The van der Waals surface area contributed by atoms with Gasteiger partial charge in [0, 0.05) is 19.6 Å². The Morgan fingerprint density at radius 2 is 1.87 bits per heavy atom. The average molecular weight is 214 g/mol. The zero-order chi connectivity index (χ0) is 11.8. The molecule has 0 saturated heterocycles. The predicted octanol–water partition coefficient (Wildman–Crippen LogP) is 1.87. The van der Waals surface area contributed by atoms with Crippen molar-refractivity contribution in [1.82, 2.24) is 4.90 Å². The van der Waals surface area contributed by atoms with Crippen LogP contribution in [0.5, 0.6) is 0 Å². The maximum atomic E-state index is 12.0. The molecule has 0 radical (unpaired) electrons. The molecule has 0 saturated carbocycles. The summed E-state index contributed by atoms with van der Waals surface area (Å²) < 4.78 is 0. The Kier molecular flexibility index (Phi) is 7.39. The number of carbonyl (C=O) groups is 1. The molecule has 0 rings (SSSR count). The molecule has 1 amide bonds. The molecule has 0 bridgehead atoms. The van der Waals surface area contributed by atoms with Gasteiger partial charge in [-0.1, -0.05) is 27.2 Å². The van der Waals surface area contributed by atoms with Crippen molar-refractivity contribution in [3.63, 3.8) is 0 Å². The van der Waals surface area contributed by atoms with Gasteiger partial charge in [-0.3, -0.25) is 4.79 Å². The van der Waals surface area contributed by atoms with Gasteiger partial charge >= 0.3 is 0 Å². The van der Waals surface area contributed by atoms with E-state index in [9.17, 15) is 4.79 Å². The largest absolute Gasteiger partial charge is 0.342 e. The van der Waals surface area contributed by atoms with Crippen LogP contribution in [-0.2, 0) is 4.79 Å². The van der Waals surface area contributed by atoms with Gasteiger partial charge in [-0.25, -0.2) is 0 Å². The summed E-state index contributed by atoms with van der Waals surface area (Å²) in [7, 11) is 0. The molecule has 0 aromatic heterocycles. The topological polar surface area (TPSA) is 46.3 Å². The van der Waals surface area contributed by atoms with Gasteiger partial charge in [-0.2, -0.15) is 0 Å². The fraction of sp³-hybridized carbons (Fsp3) is 0.917. The Balaban J connectivity index is 4.32. The Morgan fingerprint density at radius 3 is 2.20 bits per heavy atom. The number of hydrogen-bond acceptors (Lipinski definition) is 2. The third-order valence-corrected chi connectivity index (χ3v) is 3.05. The molecular formula is C12H26N2O. The highest BCUT2D eigenvalue weighted by atomic mass is 16.2. The summed E-state index contributed by atoms with van der Waals surface area (Å²) in [4.78, 5) is 14.0. The van der Waals surface area contributed by atoms with Crippen molar-refractivity contribution >= 4 is 5.91 Å². The molecule has 3 nitrogen and oxygen atoms in total. The van der Waals surface area contributed by atoms with Crippen LogP contribution in [0.2, 0.25) is 0 Å². The van der Waals surface area contributed by atoms with Crippen molar-refractivity contribution in [2.45, 2.75) is 40.5 Å². The molecular weight excluding hydrogens is 188 g/mol. The monoisotopic (exact) mass is 214 g/mol. The van der Waals surface area contributed by atoms with Crippen molar-refractivity contribution < 1.29 is 4.79 Å². The van der Waals surface area contributed by atoms with Gasteiger partial charge in [0.2, 0.25) is 5.91 Å². The Labute approximate surface area is 94.0 Å². The summed E-state index contributed by atoms with van der Waals surface area (Å²) >= 11 is 0. The van der Waals surface area contributed by atoms with E-state index in [0.29, 0.717) is 12.5 Å². The van der Waals surface area contributed by atoms with Crippen molar-refractivity contribution in [2.75, 3.05) is 19.6 Å². The first-order valence-corrected chi connectivity index (χ1v) is 6.09. The fourth-order valence-electron chi connectivity index (χ4n) is 1.58. The lowest BCUT2D eigenvalue weighted by molar-refractivity contribution is -0.135. The third kappa shape index (κ3) is 4.65. The van der Waals surface area contributed by atoms with Gasteiger partial charge in [0.15, 0.2) is 0 Å². The van der Waals surface area contributed by atoms with E-state index in [0.717, 1.165) is 25.9 Å². The second-order valence-electron chi connectivity index (χ2n) is 4.23. The molecule has 90 valence electrons. The zero-order valence-corrected chi connectivity index (χ0v) is 10.6. The quantitative estimate of drug-likeness (QED) is 0.703. The first-order chi connectivity index (χ1) is 7.10. The molecule has 0 aromatic rings. The molecule has 2 unspecified atom stereocenters. The van der Waals surface area contributed by atoms with Gasteiger partial charge in [-0.15, -0.1) is 0 Å². The highest BCUT2D eigenvalue weighted by molar-refractivity contribution is 5.79. The van der Waals surface area contributed by atoms with E-state index in [1.54, 1.807) is 0 Å². The number of amides is 1. The van der Waals surface area contributed by atoms with Crippen molar-refractivity contribution in [3.8, 4) is 0 Å². The van der Waals surface area contributed by atoms with Crippen LogP contribution in [0.15, 0.2) is 0 Å². The van der Waals surface area contributed by atoms with Gasteiger partial charge < -0.3 is 10.6 Å². The summed E-state index contributed by atoms with van der Waals surface area (Å²) in [5.41, 5.74) is 5.59. The first-order valence-electron chi connectivity index (χ1n) is 6.09. The van der Waals surface area contributed by atoms with Crippen LogP contribution in [0.3, 0.4) is 0 Å². The van der Waals surface area contributed by atoms with Gasteiger partial charge in [0.05, 0.1) is 5.92 Å². The summed E-state index contributed by atoms with van der Waals surface area (Å²) in [6.07, 6.45) is 1.95. The molecule has 0 spiro atoms. The second-order valence-corrected chi connectivity index (χ2v) is 4.23. The maximum Gasteiger partial charge on any atom is 0.226 e. The highest BCUT2D eigenvalue weighted by Gasteiger charge is 2.21. The molecule has 3 heteroatoms. The molecule has 0 aliphatic heterocycles. The molecule has 0 aromatic carbocycles. The summed E-state index contributed by atoms with van der Waals surface area (Å²) in [5, 5.41) is 0. The van der Waals surface area contributed by atoms with Crippen LogP contribution in [0, 0.1) is 11.8 Å². The van der Waals surface area contributed by atoms with Crippen molar-refractivity contribution in [1.29, 1.82) is 0 Å². The molecule has 0 fully saturated rings. The lowest BCUT2D eigenvalue weighted by Crippen LogP contribution is -2.41. The van der Waals surface area contributed by atoms with Crippen LogP contribution in [0.1, 0.15) is 40.5 Å². The van der Waals surface area contributed by atoms with E-state index in [2.05, 4.69) is 13.8 Å². The zero-order valence-electron chi connectivity index (χ0n) is 10.6. The summed E-state index contributed by atoms with van der Waals surface area (Å²) in [5.74, 6) is 0.806. The highest BCUT2D eigenvalue weighted by Crippen LogP contribution is 2.10. The van der Waals surface area contributed by atoms with Gasteiger partial charge in [0.1, 0.15) is 0 Å². The minimum Gasteiger partial charge on any atom is -0.342 e. The van der Waals surface area contributed by atoms with E-state index in [-0.39, 0.29) is 11.8 Å². The number of rotatable bonds is 7. The summed E-state index contributed by atoms with van der Waals surface area (Å²) in [6.45, 7) is 10.5. The summed E-state index contributed by atoms with van der Waals surface area (Å²) in [6, 6.07) is 0. The van der Waals surface area contributed by atoms with Crippen molar-refractivity contribution in [3.05, 3.63) is 0 Å². The van der Waals surface area contributed by atoms with Crippen LogP contribution >= 0.6 is 0 Å². The van der Waals surface area contributed by atoms with E-state index in [1.165, 1.54) is 0 Å². The van der Waals surface area contributed by atoms with Crippen molar-refractivity contribution in [2.24, 2.45) is 17.6 Å². The Morgan fingerprint density at radius 1 is 1.27 bits per heavy atom. The average Bonchev–Trinajstić information content (AvgIpc) is 2.26. The fourth-order valence-corrected chi connectivity index (χ4v) is 1.58. The minimum absolute atomic E-state index is 0.00834. The van der Waals surface area contributed by atoms with E-state index >= 15 is 0 Å². The predicted molar refractivity (Wildman–Crippen MR) is 64.5 cm³/mol. The number of hydrogen-bond donors (Lipinski definition) is 1. The molecule has 2 atom stereocenters. The van der Waals surface area contributed by atoms with Crippen LogP contribution < -0.4 is 5.73 Å². The van der Waals surface area contributed by atoms with Gasteiger partial charge in [0.25, 0.3) is 0 Å². The van der Waals surface area contributed by atoms with Crippen LogP contribution in [0.25, 0.3) is 0 Å². The van der Waals surface area contributed by atoms with Crippen LogP contribution in [-0.4, -0.2) is 30.4 Å². The Bertz CT molecular complexity index is 178. The van der Waals surface area contributed by atoms with E-state index in [4.69, 9.17) is 5.73 Å². The second kappa shape index (κ2) is 7.69. The lowest BCUT2D eigenvalue weighted by atomic mass is 10.0. The normalized spacial score (nSPS) is 14.7. The lowest BCUT2D eigenvalue weighted by Gasteiger charge is -2.27. The van der Waals surface area contributed by atoms with Gasteiger partial charge in [-0.05, 0) is 19.3 Å². The number of nitrogens with zero attached hydrogens (tertiary/aromatic N) is 1. The van der Waals surface area contributed by atoms with E-state index in [1.807, 2.05) is 18.7 Å². The first kappa shape index (κ1) is 14.4. The number of nitrogens with two attached hydrogens (primary N) is 1. The van der Waals surface area contributed by atoms with E-state index < -0.39 is 0 Å². The maximum absolute atomic E-state index is 12.0. The minimum atomic E-state index is 0.00834. The smallest absolute Gasteiger partial charge is 0.226 e. The third-order valence-electron chi connectivity index (χ3n) is 3.05. The van der Waals surface area contributed by atoms with Crippen LogP contribution in [0.4, 0.5) is 0 Å². The Hall–Kier alpha value is -0.570. The SMILES string of the molecule is CCC(C)CN(CC)C(=O)C(CC)CN. The number of carbonyl (C=O) groups excluding carboxylic acids is 1.